The summed E-state index contributed by atoms with van der Waals surface area (Å²) in [6.07, 6.45) is 1.21. The molecule has 0 bridgehead atoms. The van der Waals surface area contributed by atoms with Crippen molar-refractivity contribution >= 4 is 5.91 Å². The van der Waals surface area contributed by atoms with Crippen LogP contribution in [0.1, 0.15) is 29.3 Å². The second-order valence-corrected chi connectivity index (χ2v) is 4.84. The zero-order valence-electron chi connectivity index (χ0n) is 10.8. The predicted octanol–water partition coefficient (Wildman–Crippen LogP) is 1.86. The Labute approximate surface area is 107 Å². The first-order valence-electron chi connectivity index (χ1n) is 6.27. The highest BCUT2D eigenvalue weighted by Gasteiger charge is 2.24. The Bertz CT molecular complexity index is 445. The molecule has 0 aliphatic carbocycles. The maximum atomic E-state index is 11.9. The lowest BCUT2D eigenvalue weighted by Gasteiger charge is -2.14. The van der Waals surface area contributed by atoms with Crippen molar-refractivity contribution in [3.63, 3.8) is 0 Å². The fourth-order valence-electron chi connectivity index (χ4n) is 2.17. The van der Waals surface area contributed by atoms with Gasteiger partial charge >= 0.3 is 0 Å². The molecule has 2 atom stereocenters. The van der Waals surface area contributed by atoms with Crippen molar-refractivity contribution in [3.8, 4) is 5.75 Å². The number of nitrogens with one attached hydrogen (secondary N) is 1. The molecule has 98 valence electrons. The number of carbonyl (C=O) groups is 1. The molecule has 2 rings (SSSR count). The van der Waals surface area contributed by atoms with Gasteiger partial charge in [-0.3, -0.25) is 4.79 Å². The van der Waals surface area contributed by atoms with Crippen LogP contribution >= 0.6 is 0 Å². The summed E-state index contributed by atoms with van der Waals surface area (Å²) in [5, 5.41) is 12.3. The van der Waals surface area contributed by atoms with Gasteiger partial charge in [0.15, 0.2) is 0 Å². The molecular formula is C14H19NO3. The summed E-state index contributed by atoms with van der Waals surface area (Å²) >= 11 is 0. The topological polar surface area (TPSA) is 58.6 Å². The molecule has 0 aromatic heterocycles. The molecule has 2 unspecified atom stereocenters. The Kier molecular flexibility index (Phi) is 3.87. The fraction of sp³-hybridized carbons (Fsp3) is 0.500. The van der Waals surface area contributed by atoms with Gasteiger partial charge in [0.2, 0.25) is 0 Å². The van der Waals surface area contributed by atoms with Crippen LogP contribution in [0.5, 0.6) is 5.75 Å². The summed E-state index contributed by atoms with van der Waals surface area (Å²) < 4.78 is 5.45. The monoisotopic (exact) mass is 249 g/mol. The van der Waals surface area contributed by atoms with E-state index in [1.807, 2.05) is 6.92 Å². The molecule has 1 heterocycles. The molecule has 1 saturated heterocycles. The number of carbonyl (C=O) groups excluding carboxylic acids is 1. The largest absolute Gasteiger partial charge is 0.508 e. The van der Waals surface area contributed by atoms with E-state index in [2.05, 4.69) is 5.32 Å². The van der Waals surface area contributed by atoms with Gasteiger partial charge in [-0.1, -0.05) is 0 Å². The summed E-state index contributed by atoms with van der Waals surface area (Å²) in [4.78, 5) is 11.9. The average Bonchev–Trinajstić information content (AvgIpc) is 2.75. The van der Waals surface area contributed by atoms with Crippen molar-refractivity contribution in [3.05, 3.63) is 29.3 Å². The van der Waals surface area contributed by atoms with Gasteiger partial charge in [0.1, 0.15) is 5.75 Å². The van der Waals surface area contributed by atoms with Crippen molar-refractivity contribution < 1.29 is 14.6 Å². The van der Waals surface area contributed by atoms with E-state index >= 15 is 0 Å². The molecule has 1 fully saturated rings. The summed E-state index contributed by atoms with van der Waals surface area (Å²) in [5.74, 6) is 0.508. The molecule has 2 N–H and O–H groups in total. The Hall–Kier alpha value is -1.55. The van der Waals surface area contributed by atoms with E-state index in [-0.39, 0.29) is 17.8 Å². The number of ether oxygens (including phenoxy) is 1. The van der Waals surface area contributed by atoms with Crippen LogP contribution in [0.25, 0.3) is 0 Å². The van der Waals surface area contributed by atoms with Crippen LogP contribution < -0.4 is 5.32 Å². The fourth-order valence-corrected chi connectivity index (χ4v) is 2.17. The minimum absolute atomic E-state index is 0.0998. The first kappa shape index (κ1) is 12.9. The van der Waals surface area contributed by atoms with Gasteiger partial charge < -0.3 is 15.2 Å². The molecule has 1 aromatic rings. The molecule has 0 spiro atoms. The predicted molar refractivity (Wildman–Crippen MR) is 68.7 cm³/mol. The zero-order chi connectivity index (χ0) is 13.1. The normalized spacial score (nSPS) is 23.0. The van der Waals surface area contributed by atoms with Crippen molar-refractivity contribution in [2.45, 2.75) is 26.4 Å². The Morgan fingerprint density at radius 3 is 2.94 bits per heavy atom. The van der Waals surface area contributed by atoms with Crippen LogP contribution in [0.2, 0.25) is 0 Å². The highest BCUT2D eigenvalue weighted by Crippen LogP contribution is 2.20. The number of rotatable bonds is 3. The van der Waals surface area contributed by atoms with Gasteiger partial charge in [0.25, 0.3) is 5.91 Å². The average molecular weight is 249 g/mol. The third-order valence-corrected chi connectivity index (χ3v) is 3.52. The summed E-state index contributed by atoms with van der Waals surface area (Å²) in [7, 11) is 0. The number of benzene rings is 1. The second kappa shape index (κ2) is 5.40. The Balaban J connectivity index is 1.93. The summed E-state index contributed by atoms with van der Waals surface area (Å²) in [6, 6.07) is 4.87. The standard InChI is InChI=1S/C14H19NO3/c1-9-7-11(3-4-13(9)16)14(17)15-8-12-5-6-18-10(12)2/h3-4,7,10,12,16H,5-6,8H2,1-2H3,(H,15,17). The molecule has 4 heteroatoms. The van der Waals surface area contributed by atoms with Crippen LogP contribution in [0.3, 0.4) is 0 Å². The van der Waals surface area contributed by atoms with E-state index in [0.717, 1.165) is 13.0 Å². The van der Waals surface area contributed by atoms with Crippen LogP contribution in [-0.4, -0.2) is 30.3 Å². The highest BCUT2D eigenvalue weighted by atomic mass is 16.5. The van der Waals surface area contributed by atoms with E-state index in [1.54, 1.807) is 25.1 Å². The molecular weight excluding hydrogens is 230 g/mol. The van der Waals surface area contributed by atoms with Crippen LogP contribution in [0.15, 0.2) is 18.2 Å². The van der Waals surface area contributed by atoms with Crippen molar-refractivity contribution in [2.75, 3.05) is 13.2 Å². The van der Waals surface area contributed by atoms with Crippen molar-refractivity contribution in [1.82, 2.24) is 5.32 Å². The van der Waals surface area contributed by atoms with Crippen LogP contribution in [0, 0.1) is 12.8 Å². The minimum Gasteiger partial charge on any atom is -0.508 e. The molecule has 0 saturated carbocycles. The molecule has 1 aliphatic heterocycles. The van der Waals surface area contributed by atoms with Gasteiger partial charge in [-0.2, -0.15) is 0 Å². The van der Waals surface area contributed by atoms with E-state index in [9.17, 15) is 9.90 Å². The first-order valence-corrected chi connectivity index (χ1v) is 6.27. The lowest BCUT2D eigenvalue weighted by atomic mass is 10.0. The second-order valence-electron chi connectivity index (χ2n) is 4.84. The summed E-state index contributed by atoms with van der Waals surface area (Å²) in [6.45, 7) is 5.23. The smallest absolute Gasteiger partial charge is 0.251 e. The Morgan fingerprint density at radius 2 is 2.33 bits per heavy atom. The van der Waals surface area contributed by atoms with Gasteiger partial charge in [0.05, 0.1) is 6.10 Å². The van der Waals surface area contributed by atoms with Gasteiger partial charge in [0, 0.05) is 24.6 Å². The van der Waals surface area contributed by atoms with Crippen LogP contribution in [0.4, 0.5) is 0 Å². The zero-order valence-corrected chi connectivity index (χ0v) is 10.8. The van der Waals surface area contributed by atoms with E-state index in [4.69, 9.17) is 4.74 Å². The van der Waals surface area contributed by atoms with Crippen LogP contribution in [-0.2, 0) is 4.74 Å². The number of aromatic hydroxyl groups is 1. The van der Waals surface area contributed by atoms with Crippen molar-refractivity contribution in [2.24, 2.45) is 5.92 Å². The first-order chi connectivity index (χ1) is 8.58. The molecule has 1 aliphatic rings. The lowest BCUT2D eigenvalue weighted by Crippen LogP contribution is -2.31. The van der Waals surface area contributed by atoms with Gasteiger partial charge in [-0.05, 0) is 44.0 Å². The van der Waals surface area contributed by atoms with Gasteiger partial charge in [-0.25, -0.2) is 0 Å². The maximum Gasteiger partial charge on any atom is 0.251 e. The van der Waals surface area contributed by atoms with E-state index in [1.165, 1.54) is 0 Å². The molecule has 0 radical (unpaired) electrons. The van der Waals surface area contributed by atoms with Crippen molar-refractivity contribution in [1.29, 1.82) is 0 Å². The number of hydrogen-bond acceptors (Lipinski definition) is 3. The number of amides is 1. The van der Waals surface area contributed by atoms with E-state index < -0.39 is 0 Å². The third kappa shape index (κ3) is 2.82. The minimum atomic E-state index is -0.0998. The number of aryl methyl sites for hydroxylation is 1. The maximum absolute atomic E-state index is 11.9. The molecule has 1 amide bonds. The molecule has 1 aromatic carbocycles. The molecule has 18 heavy (non-hydrogen) atoms. The van der Waals surface area contributed by atoms with E-state index in [0.29, 0.717) is 23.6 Å². The lowest BCUT2D eigenvalue weighted by molar-refractivity contribution is 0.0907. The number of phenols is 1. The molecule has 4 nitrogen and oxygen atoms in total. The third-order valence-electron chi connectivity index (χ3n) is 3.52. The Morgan fingerprint density at radius 1 is 1.56 bits per heavy atom. The quantitative estimate of drug-likeness (QED) is 0.859. The SMILES string of the molecule is Cc1cc(C(=O)NCC2CCOC2C)ccc1O. The highest BCUT2D eigenvalue weighted by molar-refractivity contribution is 5.94. The number of hydrogen-bond donors (Lipinski definition) is 2. The van der Waals surface area contributed by atoms with Gasteiger partial charge in [-0.15, -0.1) is 0 Å². The summed E-state index contributed by atoms with van der Waals surface area (Å²) in [5.41, 5.74) is 1.29. The number of phenolic OH excluding ortho intramolecular Hbond substituents is 1.